The average molecular weight is 261 g/mol. The molecular formula is C15H23N3O. The second-order valence-electron chi connectivity index (χ2n) is 5.40. The molecular weight excluding hydrogens is 238 g/mol. The van der Waals surface area contributed by atoms with Crippen molar-refractivity contribution in [3.05, 3.63) is 29.8 Å². The van der Waals surface area contributed by atoms with Crippen molar-refractivity contribution >= 4 is 11.6 Å². The third-order valence-corrected chi connectivity index (χ3v) is 3.61. The molecule has 2 rings (SSSR count). The summed E-state index contributed by atoms with van der Waals surface area (Å²) in [7, 11) is 5.93. The number of anilines is 1. The molecule has 1 aromatic rings. The number of amides is 1. The lowest BCUT2D eigenvalue weighted by atomic mass is 10.1. The van der Waals surface area contributed by atoms with E-state index in [1.807, 2.05) is 26.0 Å². The van der Waals surface area contributed by atoms with Crippen molar-refractivity contribution < 1.29 is 4.79 Å². The fraction of sp³-hybridized carbons (Fsp3) is 0.533. The minimum Gasteiger partial charge on any atom is -0.378 e. The molecule has 1 aliphatic heterocycles. The summed E-state index contributed by atoms with van der Waals surface area (Å²) in [6.07, 6.45) is 2.06. The van der Waals surface area contributed by atoms with E-state index in [9.17, 15) is 4.79 Å². The summed E-state index contributed by atoms with van der Waals surface area (Å²) in [5.41, 5.74) is 2.34. The Labute approximate surface area is 115 Å². The smallest absolute Gasteiger partial charge is 0.239 e. The molecule has 1 N–H and O–H groups in total. The molecule has 0 radical (unpaired) electrons. The largest absolute Gasteiger partial charge is 0.378 e. The highest BCUT2D eigenvalue weighted by molar-refractivity contribution is 5.81. The van der Waals surface area contributed by atoms with Crippen molar-refractivity contribution in [3.8, 4) is 0 Å². The number of benzene rings is 1. The molecule has 1 heterocycles. The standard InChI is InChI=1S/C15H23N3O/c1-17(2)13-8-6-12(7-9-13)11-18(3)15(19)14-5-4-10-16-14/h6-9,14,16H,4-5,10-11H2,1-3H3. The van der Waals surface area contributed by atoms with Gasteiger partial charge in [-0.3, -0.25) is 4.79 Å². The van der Waals surface area contributed by atoms with Crippen LogP contribution in [0.5, 0.6) is 0 Å². The molecule has 1 aromatic carbocycles. The zero-order chi connectivity index (χ0) is 13.8. The van der Waals surface area contributed by atoms with Gasteiger partial charge < -0.3 is 15.1 Å². The third-order valence-electron chi connectivity index (χ3n) is 3.61. The van der Waals surface area contributed by atoms with E-state index in [0.717, 1.165) is 19.4 Å². The lowest BCUT2D eigenvalue weighted by Crippen LogP contribution is -2.41. The van der Waals surface area contributed by atoms with Crippen LogP contribution >= 0.6 is 0 Å². The lowest BCUT2D eigenvalue weighted by molar-refractivity contribution is -0.132. The maximum atomic E-state index is 12.2. The van der Waals surface area contributed by atoms with Gasteiger partial charge in [-0.15, -0.1) is 0 Å². The summed E-state index contributed by atoms with van der Waals surface area (Å²) in [5.74, 6) is 0.203. The molecule has 0 spiro atoms. The van der Waals surface area contributed by atoms with Gasteiger partial charge in [-0.05, 0) is 37.1 Å². The molecule has 0 aliphatic carbocycles. The summed E-state index contributed by atoms with van der Waals surface area (Å²) in [5, 5.41) is 3.25. The topological polar surface area (TPSA) is 35.6 Å². The van der Waals surface area contributed by atoms with Gasteiger partial charge in [-0.2, -0.15) is 0 Å². The summed E-state index contributed by atoms with van der Waals surface area (Å²) >= 11 is 0. The number of rotatable bonds is 4. The number of carbonyl (C=O) groups excluding carboxylic acids is 1. The average Bonchev–Trinajstić information content (AvgIpc) is 2.92. The van der Waals surface area contributed by atoms with Gasteiger partial charge in [0.2, 0.25) is 5.91 Å². The molecule has 4 nitrogen and oxygen atoms in total. The normalized spacial score (nSPS) is 18.4. The van der Waals surface area contributed by atoms with Crippen LogP contribution in [0.3, 0.4) is 0 Å². The maximum absolute atomic E-state index is 12.2. The molecule has 0 saturated carbocycles. The van der Waals surface area contributed by atoms with Crippen molar-refractivity contribution in [1.29, 1.82) is 0 Å². The number of likely N-dealkylation sites (N-methyl/N-ethyl adjacent to an activating group) is 1. The minimum absolute atomic E-state index is 0.0195. The third kappa shape index (κ3) is 3.47. The predicted molar refractivity (Wildman–Crippen MR) is 78.3 cm³/mol. The first-order valence-corrected chi connectivity index (χ1v) is 6.82. The molecule has 0 bridgehead atoms. The fourth-order valence-corrected chi connectivity index (χ4v) is 2.41. The van der Waals surface area contributed by atoms with Crippen LogP contribution < -0.4 is 10.2 Å². The monoisotopic (exact) mass is 261 g/mol. The van der Waals surface area contributed by atoms with Crippen LogP contribution in [0, 0.1) is 0 Å². The van der Waals surface area contributed by atoms with Crippen LogP contribution in [0.15, 0.2) is 24.3 Å². The highest BCUT2D eigenvalue weighted by Gasteiger charge is 2.24. The van der Waals surface area contributed by atoms with Gasteiger partial charge in [-0.25, -0.2) is 0 Å². The zero-order valence-electron chi connectivity index (χ0n) is 12.0. The molecule has 1 unspecified atom stereocenters. The van der Waals surface area contributed by atoms with Crippen LogP contribution in [0.1, 0.15) is 18.4 Å². The van der Waals surface area contributed by atoms with E-state index >= 15 is 0 Å². The molecule has 1 amide bonds. The minimum atomic E-state index is 0.0195. The Bertz CT molecular complexity index is 422. The Kier molecular flexibility index (Phi) is 4.43. The number of nitrogens with one attached hydrogen (secondary N) is 1. The van der Waals surface area contributed by atoms with E-state index < -0.39 is 0 Å². The number of carbonyl (C=O) groups is 1. The number of hydrogen-bond acceptors (Lipinski definition) is 3. The molecule has 1 aliphatic rings. The first-order valence-electron chi connectivity index (χ1n) is 6.82. The Hall–Kier alpha value is -1.55. The first kappa shape index (κ1) is 13.9. The van der Waals surface area contributed by atoms with Crippen LogP contribution in [-0.4, -0.2) is 44.5 Å². The Balaban J connectivity index is 1.94. The molecule has 19 heavy (non-hydrogen) atoms. The van der Waals surface area contributed by atoms with Gasteiger partial charge in [0.25, 0.3) is 0 Å². The molecule has 4 heteroatoms. The molecule has 0 aromatic heterocycles. The van der Waals surface area contributed by atoms with Crippen molar-refractivity contribution in [2.24, 2.45) is 0 Å². The Morgan fingerprint density at radius 1 is 1.26 bits per heavy atom. The highest BCUT2D eigenvalue weighted by Crippen LogP contribution is 2.14. The summed E-state index contributed by atoms with van der Waals surface area (Å²) in [6, 6.07) is 8.36. The van der Waals surface area contributed by atoms with Crippen LogP contribution in [0.2, 0.25) is 0 Å². The molecule has 104 valence electrons. The van der Waals surface area contributed by atoms with E-state index in [0.29, 0.717) is 6.54 Å². The van der Waals surface area contributed by atoms with E-state index in [1.54, 1.807) is 0 Å². The van der Waals surface area contributed by atoms with Gasteiger partial charge in [0.05, 0.1) is 6.04 Å². The fourth-order valence-electron chi connectivity index (χ4n) is 2.41. The van der Waals surface area contributed by atoms with Gasteiger partial charge in [0, 0.05) is 33.4 Å². The van der Waals surface area contributed by atoms with Gasteiger partial charge in [0.15, 0.2) is 0 Å². The van der Waals surface area contributed by atoms with E-state index in [1.165, 1.54) is 11.3 Å². The number of nitrogens with zero attached hydrogens (tertiary/aromatic N) is 2. The maximum Gasteiger partial charge on any atom is 0.239 e. The lowest BCUT2D eigenvalue weighted by Gasteiger charge is -2.21. The Morgan fingerprint density at radius 2 is 1.95 bits per heavy atom. The van der Waals surface area contributed by atoms with Gasteiger partial charge in [-0.1, -0.05) is 12.1 Å². The highest BCUT2D eigenvalue weighted by atomic mass is 16.2. The SMILES string of the molecule is CN(Cc1ccc(N(C)C)cc1)C(=O)C1CCCN1. The van der Waals surface area contributed by atoms with Crippen molar-refractivity contribution in [2.45, 2.75) is 25.4 Å². The quantitative estimate of drug-likeness (QED) is 0.891. The van der Waals surface area contributed by atoms with Gasteiger partial charge >= 0.3 is 0 Å². The predicted octanol–water partition coefficient (Wildman–Crippen LogP) is 1.46. The van der Waals surface area contributed by atoms with E-state index in [2.05, 4.69) is 34.5 Å². The molecule has 1 fully saturated rings. The van der Waals surface area contributed by atoms with Gasteiger partial charge in [0.1, 0.15) is 0 Å². The second kappa shape index (κ2) is 6.06. The summed E-state index contributed by atoms with van der Waals surface area (Å²) in [6.45, 7) is 1.63. The van der Waals surface area contributed by atoms with Crippen molar-refractivity contribution in [1.82, 2.24) is 10.2 Å². The zero-order valence-corrected chi connectivity index (χ0v) is 12.0. The number of hydrogen-bond donors (Lipinski definition) is 1. The molecule has 1 atom stereocenters. The Morgan fingerprint density at radius 3 is 2.47 bits per heavy atom. The first-order chi connectivity index (χ1) is 9.08. The summed E-state index contributed by atoms with van der Waals surface area (Å²) < 4.78 is 0. The van der Waals surface area contributed by atoms with E-state index in [4.69, 9.17) is 0 Å². The van der Waals surface area contributed by atoms with Crippen molar-refractivity contribution in [2.75, 3.05) is 32.6 Å². The van der Waals surface area contributed by atoms with Crippen LogP contribution in [0.25, 0.3) is 0 Å². The van der Waals surface area contributed by atoms with Crippen LogP contribution in [-0.2, 0) is 11.3 Å². The molecule has 1 saturated heterocycles. The van der Waals surface area contributed by atoms with Crippen molar-refractivity contribution in [3.63, 3.8) is 0 Å². The van der Waals surface area contributed by atoms with Crippen LogP contribution in [0.4, 0.5) is 5.69 Å². The summed E-state index contributed by atoms with van der Waals surface area (Å²) in [4.78, 5) is 16.1. The second-order valence-corrected chi connectivity index (χ2v) is 5.40. The van der Waals surface area contributed by atoms with E-state index in [-0.39, 0.29) is 11.9 Å².